The second-order valence-corrected chi connectivity index (χ2v) is 9.44. The molecule has 138 valence electrons. The Labute approximate surface area is 150 Å². The van der Waals surface area contributed by atoms with Gasteiger partial charge in [0.1, 0.15) is 0 Å². The maximum Gasteiger partial charge on any atom is 0.240 e. The topological polar surface area (TPSA) is 66.5 Å². The third kappa shape index (κ3) is 3.47. The zero-order valence-electron chi connectivity index (χ0n) is 15.5. The van der Waals surface area contributed by atoms with Crippen LogP contribution in [0.25, 0.3) is 0 Å². The van der Waals surface area contributed by atoms with Crippen molar-refractivity contribution in [3.63, 3.8) is 0 Å². The SMILES string of the molecule is CC(=O)N1c2ccc(S(=O)(=O)NC3CCCC(C)C3C)cc2CC1C. The number of fused-ring (bicyclic) bond motifs is 1. The first kappa shape index (κ1) is 18.4. The molecule has 2 aliphatic rings. The molecule has 5 nitrogen and oxygen atoms in total. The predicted molar refractivity (Wildman–Crippen MR) is 99.1 cm³/mol. The number of hydrogen-bond acceptors (Lipinski definition) is 3. The molecule has 0 bridgehead atoms. The first-order chi connectivity index (χ1) is 11.7. The third-order valence-electron chi connectivity index (χ3n) is 5.93. The molecule has 1 saturated carbocycles. The average Bonchev–Trinajstić information content (AvgIpc) is 2.86. The number of rotatable bonds is 3. The molecule has 4 unspecified atom stereocenters. The maximum atomic E-state index is 12.9. The number of hydrogen-bond donors (Lipinski definition) is 1. The van der Waals surface area contributed by atoms with E-state index in [9.17, 15) is 13.2 Å². The Morgan fingerprint density at radius 3 is 2.60 bits per heavy atom. The van der Waals surface area contributed by atoms with Crippen LogP contribution in [0.2, 0.25) is 0 Å². The Bertz CT molecular complexity index is 775. The molecular weight excluding hydrogens is 336 g/mol. The van der Waals surface area contributed by atoms with Crippen LogP contribution in [-0.4, -0.2) is 26.4 Å². The van der Waals surface area contributed by atoms with Gasteiger partial charge in [-0.3, -0.25) is 4.79 Å². The summed E-state index contributed by atoms with van der Waals surface area (Å²) in [5, 5.41) is 0. The quantitative estimate of drug-likeness (QED) is 0.896. The largest absolute Gasteiger partial charge is 0.309 e. The monoisotopic (exact) mass is 364 g/mol. The third-order valence-corrected chi connectivity index (χ3v) is 7.42. The minimum atomic E-state index is -3.55. The van der Waals surface area contributed by atoms with Gasteiger partial charge in [0.25, 0.3) is 0 Å². The summed E-state index contributed by atoms with van der Waals surface area (Å²) in [6.45, 7) is 7.85. The number of carbonyl (C=O) groups excluding carboxylic acids is 1. The number of nitrogens with one attached hydrogen (secondary N) is 1. The molecule has 1 aliphatic carbocycles. The van der Waals surface area contributed by atoms with Crippen molar-refractivity contribution >= 4 is 21.6 Å². The van der Waals surface area contributed by atoms with Crippen molar-refractivity contribution in [3.8, 4) is 0 Å². The number of benzene rings is 1. The van der Waals surface area contributed by atoms with Gasteiger partial charge in [-0.1, -0.05) is 26.7 Å². The van der Waals surface area contributed by atoms with Crippen molar-refractivity contribution in [2.24, 2.45) is 11.8 Å². The van der Waals surface area contributed by atoms with Gasteiger partial charge in [0.15, 0.2) is 0 Å². The van der Waals surface area contributed by atoms with Gasteiger partial charge < -0.3 is 4.90 Å². The molecule has 6 heteroatoms. The van der Waals surface area contributed by atoms with E-state index in [2.05, 4.69) is 18.6 Å². The van der Waals surface area contributed by atoms with E-state index in [0.717, 1.165) is 30.5 Å². The molecule has 1 amide bonds. The Balaban J connectivity index is 1.85. The molecule has 1 N–H and O–H groups in total. The van der Waals surface area contributed by atoms with Gasteiger partial charge >= 0.3 is 0 Å². The highest BCUT2D eigenvalue weighted by Crippen LogP contribution is 2.35. The lowest BCUT2D eigenvalue weighted by Crippen LogP contribution is -2.43. The van der Waals surface area contributed by atoms with Crippen LogP contribution in [-0.2, 0) is 21.2 Å². The second-order valence-electron chi connectivity index (χ2n) is 7.73. The van der Waals surface area contributed by atoms with Crippen molar-refractivity contribution in [2.45, 2.75) is 70.4 Å². The summed E-state index contributed by atoms with van der Waals surface area (Å²) in [6.07, 6.45) is 3.81. The van der Waals surface area contributed by atoms with Crippen LogP contribution in [0.4, 0.5) is 5.69 Å². The average molecular weight is 365 g/mol. The summed E-state index contributed by atoms with van der Waals surface area (Å²) in [5.74, 6) is 0.864. The summed E-state index contributed by atoms with van der Waals surface area (Å²) >= 11 is 0. The molecule has 4 atom stereocenters. The fourth-order valence-electron chi connectivity index (χ4n) is 4.27. The molecule has 25 heavy (non-hydrogen) atoms. The lowest BCUT2D eigenvalue weighted by Gasteiger charge is -2.34. The zero-order chi connectivity index (χ0) is 18.4. The van der Waals surface area contributed by atoms with Crippen LogP contribution in [0.1, 0.15) is 52.5 Å². The minimum absolute atomic E-state index is 0.00496. The van der Waals surface area contributed by atoms with E-state index in [1.165, 1.54) is 0 Å². The molecule has 1 heterocycles. The number of amides is 1. The van der Waals surface area contributed by atoms with E-state index in [-0.39, 0.29) is 18.0 Å². The van der Waals surface area contributed by atoms with Gasteiger partial charge in [0.05, 0.1) is 4.90 Å². The van der Waals surface area contributed by atoms with Crippen LogP contribution in [0.3, 0.4) is 0 Å². The van der Waals surface area contributed by atoms with Gasteiger partial charge in [-0.2, -0.15) is 0 Å². The number of nitrogens with zero attached hydrogens (tertiary/aromatic N) is 1. The smallest absolute Gasteiger partial charge is 0.240 e. The van der Waals surface area contributed by atoms with Crippen LogP contribution in [0, 0.1) is 11.8 Å². The molecule has 0 radical (unpaired) electrons. The zero-order valence-corrected chi connectivity index (χ0v) is 16.3. The fourth-order valence-corrected chi connectivity index (χ4v) is 5.68. The van der Waals surface area contributed by atoms with E-state index in [4.69, 9.17) is 0 Å². The van der Waals surface area contributed by atoms with Gasteiger partial charge in [-0.25, -0.2) is 13.1 Å². The Kier molecular flexibility index (Phi) is 4.95. The lowest BCUT2D eigenvalue weighted by molar-refractivity contribution is -0.116. The summed E-state index contributed by atoms with van der Waals surface area (Å²) in [4.78, 5) is 13.9. The molecule has 1 aromatic rings. The van der Waals surface area contributed by atoms with E-state index < -0.39 is 10.0 Å². The highest BCUT2D eigenvalue weighted by Gasteiger charge is 2.33. The molecule has 1 aliphatic heterocycles. The molecule has 0 aromatic heterocycles. The summed E-state index contributed by atoms with van der Waals surface area (Å²) in [7, 11) is -3.55. The summed E-state index contributed by atoms with van der Waals surface area (Å²) in [6, 6.07) is 5.18. The van der Waals surface area contributed by atoms with E-state index >= 15 is 0 Å². The molecule has 3 rings (SSSR count). The first-order valence-corrected chi connectivity index (χ1v) is 10.6. The van der Waals surface area contributed by atoms with E-state index in [1.54, 1.807) is 30.0 Å². The Hall–Kier alpha value is -1.40. The summed E-state index contributed by atoms with van der Waals surface area (Å²) in [5.41, 5.74) is 1.76. The predicted octanol–water partition coefficient (Wildman–Crippen LogP) is 3.09. The van der Waals surface area contributed by atoms with Crippen LogP contribution >= 0.6 is 0 Å². The Morgan fingerprint density at radius 2 is 1.92 bits per heavy atom. The highest BCUT2D eigenvalue weighted by molar-refractivity contribution is 7.89. The van der Waals surface area contributed by atoms with Gasteiger partial charge in [0, 0.05) is 24.7 Å². The standard InChI is InChI=1S/C19H28N2O3S/c1-12-6-5-7-18(14(12)3)20-25(23,24)17-8-9-19-16(11-17)10-13(2)21(19)15(4)22/h8-9,11-14,18,20H,5-7,10H2,1-4H3. The molecular formula is C19H28N2O3S. The fraction of sp³-hybridized carbons (Fsp3) is 0.632. The number of sulfonamides is 1. The van der Waals surface area contributed by atoms with Crippen molar-refractivity contribution in [2.75, 3.05) is 4.90 Å². The van der Waals surface area contributed by atoms with Gasteiger partial charge in [-0.05, 0) is 55.4 Å². The Morgan fingerprint density at radius 1 is 1.20 bits per heavy atom. The lowest BCUT2D eigenvalue weighted by atomic mass is 9.78. The molecule has 0 spiro atoms. The van der Waals surface area contributed by atoms with Crippen molar-refractivity contribution in [1.29, 1.82) is 0 Å². The minimum Gasteiger partial charge on any atom is -0.309 e. The van der Waals surface area contributed by atoms with E-state index in [0.29, 0.717) is 23.2 Å². The van der Waals surface area contributed by atoms with Gasteiger partial charge in [-0.15, -0.1) is 0 Å². The normalized spacial score (nSPS) is 29.5. The van der Waals surface area contributed by atoms with Crippen molar-refractivity contribution in [1.82, 2.24) is 4.72 Å². The van der Waals surface area contributed by atoms with E-state index in [1.807, 2.05) is 6.92 Å². The van der Waals surface area contributed by atoms with Crippen molar-refractivity contribution in [3.05, 3.63) is 23.8 Å². The van der Waals surface area contributed by atoms with Crippen LogP contribution < -0.4 is 9.62 Å². The molecule has 1 fully saturated rings. The van der Waals surface area contributed by atoms with Crippen LogP contribution in [0.5, 0.6) is 0 Å². The molecule has 0 saturated heterocycles. The van der Waals surface area contributed by atoms with Gasteiger partial charge in [0.2, 0.25) is 15.9 Å². The highest BCUT2D eigenvalue weighted by atomic mass is 32.2. The summed E-state index contributed by atoms with van der Waals surface area (Å²) < 4.78 is 28.6. The first-order valence-electron chi connectivity index (χ1n) is 9.15. The van der Waals surface area contributed by atoms with Crippen molar-refractivity contribution < 1.29 is 13.2 Å². The maximum absolute atomic E-state index is 12.9. The molecule has 1 aromatic carbocycles. The van der Waals surface area contributed by atoms with Crippen LogP contribution in [0.15, 0.2) is 23.1 Å². The second kappa shape index (κ2) is 6.72. The number of carbonyl (C=O) groups is 1. The number of anilines is 1.